The minimum atomic E-state index is -0.543. The van der Waals surface area contributed by atoms with E-state index in [0.717, 1.165) is 24.8 Å². The van der Waals surface area contributed by atoms with E-state index in [0.29, 0.717) is 5.69 Å². The number of hydrogen-bond acceptors (Lipinski definition) is 3. The molecule has 0 aromatic carbocycles. The summed E-state index contributed by atoms with van der Waals surface area (Å²) in [6.07, 6.45) is 4.71. The topological polar surface area (TPSA) is 82.0 Å². The molecule has 0 saturated heterocycles. The first-order valence-electron chi connectivity index (χ1n) is 4.69. The zero-order chi connectivity index (χ0) is 10.6. The average Bonchev–Trinajstić information content (AvgIpc) is 2.15. The van der Waals surface area contributed by atoms with Crippen molar-refractivity contribution in [2.24, 2.45) is 5.73 Å². The predicted molar refractivity (Wildman–Crippen MR) is 55.8 cm³/mol. The lowest BCUT2D eigenvalue weighted by Gasteiger charge is -2.04. The fourth-order valence-corrected chi connectivity index (χ4v) is 1.21. The van der Waals surface area contributed by atoms with Gasteiger partial charge in [0.05, 0.1) is 0 Å². The van der Waals surface area contributed by atoms with Crippen molar-refractivity contribution in [2.45, 2.75) is 26.2 Å². The standard InChI is InChI=1S/C10H15N3O/c1-2-3-4-7-6-13-9(10(12)14)5-8(7)11/h5-6H,2-4H2,1H3,(H2,11,13)(H2,12,14). The Bertz CT molecular complexity index is 336. The molecule has 1 aromatic rings. The lowest BCUT2D eigenvalue weighted by atomic mass is 10.1. The van der Waals surface area contributed by atoms with Gasteiger partial charge >= 0.3 is 0 Å². The van der Waals surface area contributed by atoms with Crippen molar-refractivity contribution in [1.82, 2.24) is 4.98 Å². The molecule has 4 heteroatoms. The third-order valence-electron chi connectivity index (χ3n) is 2.07. The number of primary amides is 1. The van der Waals surface area contributed by atoms with Crippen molar-refractivity contribution in [3.8, 4) is 0 Å². The van der Waals surface area contributed by atoms with Crippen LogP contribution in [-0.4, -0.2) is 10.9 Å². The summed E-state index contributed by atoms with van der Waals surface area (Å²) in [5.41, 5.74) is 12.6. The molecule has 1 heterocycles. The number of nitrogens with two attached hydrogens (primary N) is 2. The molecular weight excluding hydrogens is 178 g/mol. The van der Waals surface area contributed by atoms with E-state index in [2.05, 4.69) is 11.9 Å². The van der Waals surface area contributed by atoms with E-state index in [-0.39, 0.29) is 5.69 Å². The minimum Gasteiger partial charge on any atom is -0.398 e. The van der Waals surface area contributed by atoms with Crippen LogP contribution in [0.25, 0.3) is 0 Å². The van der Waals surface area contributed by atoms with Gasteiger partial charge in [0.25, 0.3) is 5.91 Å². The highest BCUT2D eigenvalue weighted by Crippen LogP contribution is 2.14. The van der Waals surface area contributed by atoms with Gasteiger partial charge in [-0.25, -0.2) is 0 Å². The van der Waals surface area contributed by atoms with E-state index in [9.17, 15) is 4.79 Å². The molecule has 76 valence electrons. The molecule has 0 bridgehead atoms. The Hall–Kier alpha value is -1.58. The summed E-state index contributed by atoms with van der Waals surface area (Å²) >= 11 is 0. The highest BCUT2D eigenvalue weighted by Gasteiger charge is 2.05. The number of nitrogen functional groups attached to an aromatic ring is 1. The number of carbonyl (C=O) groups excluding carboxylic acids is 1. The Kier molecular flexibility index (Phi) is 3.45. The van der Waals surface area contributed by atoms with E-state index in [4.69, 9.17) is 11.5 Å². The molecule has 14 heavy (non-hydrogen) atoms. The number of carbonyl (C=O) groups is 1. The second kappa shape index (κ2) is 4.60. The number of pyridine rings is 1. The quantitative estimate of drug-likeness (QED) is 0.751. The van der Waals surface area contributed by atoms with Crippen LogP contribution < -0.4 is 11.5 Å². The summed E-state index contributed by atoms with van der Waals surface area (Å²) in [7, 11) is 0. The van der Waals surface area contributed by atoms with Gasteiger partial charge in [-0.2, -0.15) is 0 Å². The monoisotopic (exact) mass is 193 g/mol. The zero-order valence-corrected chi connectivity index (χ0v) is 8.29. The van der Waals surface area contributed by atoms with Gasteiger partial charge in [-0.1, -0.05) is 13.3 Å². The summed E-state index contributed by atoms with van der Waals surface area (Å²) < 4.78 is 0. The fourth-order valence-electron chi connectivity index (χ4n) is 1.21. The molecule has 0 radical (unpaired) electrons. The fraction of sp³-hybridized carbons (Fsp3) is 0.400. The van der Waals surface area contributed by atoms with Gasteiger partial charge in [0, 0.05) is 11.9 Å². The molecule has 0 fully saturated rings. The third kappa shape index (κ3) is 2.45. The Labute approximate surface area is 83.3 Å². The zero-order valence-electron chi connectivity index (χ0n) is 8.29. The third-order valence-corrected chi connectivity index (χ3v) is 2.07. The average molecular weight is 193 g/mol. The second-order valence-electron chi connectivity index (χ2n) is 3.24. The molecule has 0 saturated carbocycles. The van der Waals surface area contributed by atoms with Crippen LogP contribution in [0, 0.1) is 0 Å². The van der Waals surface area contributed by atoms with Gasteiger partial charge in [0.15, 0.2) is 0 Å². The molecule has 1 amide bonds. The van der Waals surface area contributed by atoms with E-state index in [1.807, 2.05) is 0 Å². The maximum atomic E-state index is 10.8. The molecule has 0 spiro atoms. The van der Waals surface area contributed by atoms with Gasteiger partial charge < -0.3 is 11.5 Å². The van der Waals surface area contributed by atoms with Crippen LogP contribution in [0.3, 0.4) is 0 Å². The lowest BCUT2D eigenvalue weighted by molar-refractivity contribution is 0.0995. The van der Waals surface area contributed by atoms with Crippen molar-refractivity contribution in [3.63, 3.8) is 0 Å². The van der Waals surface area contributed by atoms with Crippen LogP contribution in [0.5, 0.6) is 0 Å². The van der Waals surface area contributed by atoms with E-state index >= 15 is 0 Å². The molecular formula is C10H15N3O. The highest BCUT2D eigenvalue weighted by molar-refractivity contribution is 5.91. The Morgan fingerprint density at radius 3 is 2.79 bits per heavy atom. The van der Waals surface area contributed by atoms with Gasteiger partial charge in [0.2, 0.25) is 0 Å². The van der Waals surface area contributed by atoms with Crippen LogP contribution in [-0.2, 0) is 6.42 Å². The maximum Gasteiger partial charge on any atom is 0.267 e. The molecule has 4 nitrogen and oxygen atoms in total. The number of rotatable bonds is 4. The first-order valence-corrected chi connectivity index (χ1v) is 4.69. The summed E-state index contributed by atoms with van der Waals surface area (Å²) in [6.45, 7) is 2.11. The van der Waals surface area contributed by atoms with Gasteiger partial charge in [0.1, 0.15) is 5.69 Å². The number of aromatic nitrogens is 1. The van der Waals surface area contributed by atoms with Crippen LogP contribution >= 0.6 is 0 Å². The molecule has 0 aliphatic carbocycles. The van der Waals surface area contributed by atoms with Crippen molar-refractivity contribution in [1.29, 1.82) is 0 Å². The molecule has 1 aromatic heterocycles. The van der Waals surface area contributed by atoms with Gasteiger partial charge in [-0.15, -0.1) is 0 Å². The summed E-state index contributed by atoms with van der Waals surface area (Å²) in [6, 6.07) is 1.54. The predicted octanol–water partition coefficient (Wildman–Crippen LogP) is 1.11. The second-order valence-corrected chi connectivity index (χ2v) is 3.24. The van der Waals surface area contributed by atoms with Crippen LogP contribution in [0.15, 0.2) is 12.3 Å². The normalized spacial score (nSPS) is 10.1. The van der Waals surface area contributed by atoms with Crippen molar-refractivity contribution in [2.75, 3.05) is 5.73 Å². The number of unbranched alkanes of at least 4 members (excludes halogenated alkanes) is 1. The Morgan fingerprint density at radius 1 is 1.57 bits per heavy atom. The molecule has 1 rings (SSSR count). The Balaban J connectivity index is 2.84. The van der Waals surface area contributed by atoms with Crippen molar-refractivity contribution < 1.29 is 4.79 Å². The van der Waals surface area contributed by atoms with Crippen molar-refractivity contribution in [3.05, 3.63) is 23.5 Å². The molecule has 4 N–H and O–H groups in total. The first-order chi connectivity index (χ1) is 6.65. The first kappa shape index (κ1) is 10.5. The number of hydrogen-bond donors (Lipinski definition) is 2. The van der Waals surface area contributed by atoms with Gasteiger partial charge in [-0.05, 0) is 24.5 Å². The molecule has 0 aliphatic heterocycles. The maximum absolute atomic E-state index is 10.8. The highest BCUT2D eigenvalue weighted by atomic mass is 16.1. The molecule has 0 aliphatic rings. The smallest absolute Gasteiger partial charge is 0.267 e. The molecule has 0 atom stereocenters. The van der Waals surface area contributed by atoms with Gasteiger partial charge in [-0.3, -0.25) is 9.78 Å². The van der Waals surface area contributed by atoms with E-state index < -0.39 is 5.91 Å². The number of anilines is 1. The summed E-state index contributed by atoms with van der Waals surface area (Å²) in [4.78, 5) is 14.7. The summed E-state index contributed by atoms with van der Waals surface area (Å²) in [5, 5.41) is 0. The van der Waals surface area contributed by atoms with Crippen LogP contribution in [0.1, 0.15) is 35.8 Å². The van der Waals surface area contributed by atoms with Crippen molar-refractivity contribution >= 4 is 11.6 Å². The summed E-state index contributed by atoms with van der Waals surface area (Å²) in [5.74, 6) is -0.543. The largest absolute Gasteiger partial charge is 0.398 e. The SMILES string of the molecule is CCCCc1cnc(C(N)=O)cc1N. The minimum absolute atomic E-state index is 0.225. The van der Waals surface area contributed by atoms with Crippen LogP contribution in [0.4, 0.5) is 5.69 Å². The number of amides is 1. The Morgan fingerprint density at radius 2 is 2.29 bits per heavy atom. The number of aryl methyl sites for hydroxylation is 1. The molecule has 0 unspecified atom stereocenters. The van der Waals surface area contributed by atoms with Crippen LogP contribution in [0.2, 0.25) is 0 Å². The lowest BCUT2D eigenvalue weighted by Crippen LogP contribution is -2.14. The van der Waals surface area contributed by atoms with E-state index in [1.165, 1.54) is 6.07 Å². The number of nitrogens with zero attached hydrogens (tertiary/aromatic N) is 1. The van der Waals surface area contributed by atoms with E-state index in [1.54, 1.807) is 6.20 Å².